The summed E-state index contributed by atoms with van der Waals surface area (Å²) in [6.45, 7) is 5.89. The van der Waals surface area contributed by atoms with Crippen molar-refractivity contribution < 1.29 is 23.7 Å². The van der Waals surface area contributed by atoms with E-state index in [0.717, 1.165) is 5.56 Å². The standard InChI is InChI=1S/C16H24O5/c1-12(2)19-11-15(16(18-4)21-13(3)17)20-10-14-8-6-5-7-9-14/h5-9,12,15-16H,10-11H2,1-4H3. The zero-order valence-electron chi connectivity index (χ0n) is 13.1. The van der Waals surface area contributed by atoms with Gasteiger partial charge in [-0.3, -0.25) is 4.79 Å². The van der Waals surface area contributed by atoms with E-state index in [1.165, 1.54) is 14.0 Å². The minimum atomic E-state index is -0.787. The van der Waals surface area contributed by atoms with Gasteiger partial charge in [-0.1, -0.05) is 30.3 Å². The van der Waals surface area contributed by atoms with Crippen molar-refractivity contribution in [3.05, 3.63) is 35.9 Å². The Labute approximate surface area is 126 Å². The van der Waals surface area contributed by atoms with Crippen LogP contribution in [-0.4, -0.2) is 38.2 Å². The molecule has 1 aromatic rings. The summed E-state index contributed by atoms with van der Waals surface area (Å²) in [6.07, 6.45) is -1.21. The molecule has 0 spiro atoms. The Morgan fingerprint density at radius 1 is 1.14 bits per heavy atom. The summed E-state index contributed by atoms with van der Waals surface area (Å²) >= 11 is 0. The third-order valence-corrected chi connectivity index (χ3v) is 2.72. The lowest BCUT2D eigenvalue weighted by Gasteiger charge is -2.26. The number of hydrogen-bond acceptors (Lipinski definition) is 5. The lowest BCUT2D eigenvalue weighted by Crippen LogP contribution is -2.38. The van der Waals surface area contributed by atoms with Gasteiger partial charge in [0.2, 0.25) is 6.29 Å². The van der Waals surface area contributed by atoms with Gasteiger partial charge in [0, 0.05) is 14.0 Å². The fourth-order valence-corrected chi connectivity index (χ4v) is 1.71. The van der Waals surface area contributed by atoms with Crippen molar-refractivity contribution >= 4 is 5.97 Å². The molecule has 0 fully saturated rings. The molecule has 2 atom stereocenters. The molecule has 0 amide bonds. The Morgan fingerprint density at radius 2 is 1.81 bits per heavy atom. The maximum absolute atomic E-state index is 11.1. The van der Waals surface area contributed by atoms with Crippen molar-refractivity contribution in [2.24, 2.45) is 0 Å². The topological polar surface area (TPSA) is 54.0 Å². The van der Waals surface area contributed by atoms with Gasteiger partial charge in [-0.15, -0.1) is 0 Å². The number of carbonyl (C=O) groups excluding carboxylic acids is 1. The average molecular weight is 296 g/mol. The van der Waals surface area contributed by atoms with Gasteiger partial charge >= 0.3 is 5.97 Å². The Balaban J connectivity index is 2.63. The molecule has 0 aliphatic carbocycles. The summed E-state index contributed by atoms with van der Waals surface area (Å²) in [5.74, 6) is -0.417. The largest absolute Gasteiger partial charge is 0.433 e. The maximum atomic E-state index is 11.1. The molecular formula is C16H24O5. The highest BCUT2D eigenvalue weighted by molar-refractivity contribution is 5.66. The van der Waals surface area contributed by atoms with Crippen LogP contribution in [0, 0.1) is 0 Å². The summed E-state index contributed by atoms with van der Waals surface area (Å²) in [5.41, 5.74) is 1.03. The third kappa shape index (κ3) is 7.22. The van der Waals surface area contributed by atoms with E-state index in [1.54, 1.807) is 0 Å². The molecule has 1 rings (SSSR count). The quantitative estimate of drug-likeness (QED) is 0.518. The molecule has 0 heterocycles. The van der Waals surface area contributed by atoms with Crippen molar-refractivity contribution in [1.82, 2.24) is 0 Å². The van der Waals surface area contributed by atoms with Crippen molar-refractivity contribution in [3.8, 4) is 0 Å². The predicted octanol–water partition coefficient (Wildman–Crippen LogP) is 2.53. The first-order valence-corrected chi connectivity index (χ1v) is 7.00. The SMILES string of the molecule is COC(OC(C)=O)C(COC(C)C)OCc1ccccc1. The Kier molecular flexibility index (Phi) is 7.97. The number of hydrogen-bond donors (Lipinski definition) is 0. The van der Waals surface area contributed by atoms with Crippen LogP contribution in [0.1, 0.15) is 26.3 Å². The van der Waals surface area contributed by atoms with Crippen molar-refractivity contribution in [3.63, 3.8) is 0 Å². The second-order valence-corrected chi connectivity index (χ2v) is 4.93. The monoisotopic (exact) mass is 296 g/mol. The van der Waals surface area contributed by atoms with Crippen molar-refractivity contribution in [1.29, 1.82) is 0 Å². The van der Waals surface area contributed by atoms with Crippen LogP contribution >= 0.6 is 0 Å². The van der Waals surface area contributed by atoms with Gasteiger partial charge in [0.25, 0.3) is 0 Å². The first-order chi connectivity index (χ1) is 10.0. The zero-order chi connectivity index (χ0) is 15.7. The molecule has 0 saturated carbocycles. The molecule has 5 nitrogen and oxygen atoms in total. The summed E-state index contributed by atoms with van der Waals surface area (Å²) < 4.78 is 21.7. The maximum Gasteiger partial charge on any atom is 0.305 e. The summed E-state index contributed by atoms with van der Waals surface area (Å²) in [5, 5.41) is 0. The minimum Gasteiger partial charge on any atom is -0.433 e. The van der Waals surface area contributed by atoms with E-state index in [1.807, 2.05) is 44.2 Å². The highest BCUT2D eigenvalue weighted by Gasteiger charge is 2.25. The fraction of sp³-hybridized carbons (Fsp3) is 0.562. The number of esters is 1. The van der Waals surface area contributed by atoms with Crippen molar-refractivity contribution in [2.45, 2.75) is 45.9 Å². The van der Waals surface area contributed by atoms with Crippen LogP contribution in [0.2, 0.25) is 0 Å². The number of methoxy groups -OCH3 is 1. The molecule has 1 aromatic carbocycles. The van der Waals surface area contributed by atoms with Gasteiger partial charge in [-0.2, -0.15) is 0 Å². The second kappa shape index (κ2) is 9.50. The van der Waals surface area contributed by atoms with E-state index in [-0.39, 0.29) is 12.7 Å². The minimum absolute atomic E-state index is 0.0580. The summed E-state index contributed by atoms with van der Waals surface area (Å²) in [7, 11) is 1.47. The molecule has 0 aromatic heterocycles. The van der Waals surface area contributed by atoms with E-state index < -0.39 is 18.4 Å². The molecule has 0 radical (unpaired) electrons. The van der Waals surface area contributed by atoms with Crippen molar-refractivity contribution in [2.75, 3.05) is 13.7 Å². The van der Waals surface area contributed by atoms with Gasteiger partial charge in [0.1, 0.15) is 6.10 Å². The molecule has 5 heteroatoms. The molecule has 0 aliphatic heterocycles. The van der Waals surface area contributed by atoms with Gasteiger partial charge in [-0.25, -0.2) is 0 Å². The van der Waals surface area contributed by atoms with E-state index in [9.17, 15) is 4.79 Å². The first kappa shape index (κ1) is 17.6. The first-order valence-electron chi connectivity index (χ1n) is 7.00. The van der Waals surface area contributed by atoms with Gasteiger partial charge in [0.15, 0.2) is 0 Å². The second-order valence-electron chi connectivity index (χ2n) is 4.93. The van der Waals surface area contributed by atoms with E-state index in [0.29, 0.717) is 6.61 Å². The number of carbonyl (C=O) groups is 1. The molecule has 0 bridgehead atoms. The van der Waals surface area contributed by atoms with Crippen LogP contribution in [0.4, 0.5) is 0 Å². The number of ether oxygens (including phenoxy) is 4. The van der Waals surface area contributed by atoms with Crippen LogP contribution in [-0.2, 0) is 30.3 Å². The molecule has 21 heavy (non-hydrogen) atoms. The lowest BCUT2D eigenvalue weighted by atomic mass is 10.2. The third-order valence-electron chi connectivity index (χ3n) is 2.72. The molecular weight excluding hydrogens is 272 g/mol. The fourth-order valence-electron chi connectivity index (χ4n) is 1.71. The Bertz CT molecular complexity index is 404. The van der Waals surface area contributed by atoms with E-state index >= 15 is 0 Å². The van der Waals surface area contributed by atoms with Crippen LogP contribution < -0.4 is 0 Å². The Morgan fingerprint density at radius 3 is 2.33 bits per heavy atom. The molecule has 0 aliphatic rings. The molecule has 2 unspecified atom stereocenters. The Hall–Kier alpha value is -1.43. The predicted molar refractivity (Wildman–Crippen MR) is 78.7 cm³/mol. The molecule has 0 N–H and O–H groups in total. The van der Waals surface area contributed by atoms with Crippen LogP contribution in [0.15, 0.2) is 30.3 Å². The van der Waals surface area contributed by atoms with E-state index in [4.69, 9.17) is 18.9 Å². The van der Waals surface area contributed by atoms with E-state index in [2.05, 4.69) is 0 Å². The van der Waals surface area contributed by atoms with Crippen LogP contribution in [0.5, 0.6) is 0 Å². The highest BCUT2D eigenvalue weighted by atomic mass is 16.7. The summed E-state index contributed by atoms with van der Waals surface area (Å²) in [6, 6.07) is 9.76. The zero-order valence-corrected chi connectivity index (χ0v) is 13.1. The number of benzene rings is 1. The van der Waals surface area contributed by atoms with Gasteiger partial charge in [-0.05, 0) is 19.4 Å². The van der Waals surface area contributed by atoms with Crippen LogP contribution in [0.3, 0.4) is 0 Å². The van der Waals surface area contributed by atoms with Gasteiger partial charge in [0.05, 0.1) is 19.3 Å². The lowest BCUT2D eigenvalue weighted by molar-refractivity contribution is -0.213. The highest BCUT2D eigenvalue weighted by Crippen LogP contribution is 2.11. The van der Waals surface area contributed by atoms with Gasteiger partial charge < -0.3 is 18.9 Å². The smallest absolute Gasteiger partial charge is 0.305 e. The normalized spacial score (nSPS) is 14.0. The van der Waals surface area contributed by atoms with Crippen LogP contribution in [0.25, 0.3) is 0 Å². The number of rotatable bonds is 9. The summed E-state index contributed by atoms with van der Waals surface area (Å²) in [4.78, 5) is 11.1. The molecule has 118 valence electrons. The average Bonchev–Trinajstić information content (AvgIpc) is 2.46. The molecule has 0 saturated heterocycles.